The number of anilines is 6. The van der Waals surface area contributed by atoms with Crippen LogP contribution in [0.3, 0.4) is 0 Å². The number of hydrogen-bond donors (Lipinski definition) is 0. The predicted molar refractivity (Wildman–Crippen MR) is 285 cm³/mol. The Balaban J connectivity index is 1.10. The lowest BCUT2D eigenvalue weighted by atomic mass is 9.70. The Hall–Kier alpha value is -5.60. The fraction of sp³-hybridized carbons (Fsp3) is 0.375. The molecule has 9 rings (SSSR count). The summed E-state index contributed by atoms with van der Waals surface area (Å²) in [5.41, 5.74) is 21.1. The van der Waals surface area contributed by atoms with Crippen LogP contribution in [-0.2, 0) is 32.5 Å². The zero-order valence-electron chi connectivity index (χ0n) is 42.9. The van der Waals surface area contributed by atoms with E-state index in [9.17, 15) is 0 Å². The number of hydrogen-bond acceptors (Lipinski definition) is 2. The zero-order chi connectivity index (χ0) is 47.5. The summed E-state index contributed by atoms with van der Waals surface area (Å²) in [6, 6.07) is 51.5. The summed E-state index contributed by atoms with van der Waals surface area (Å²) in [7, 11) is 0. The van der Waals surface area contributed by atoms with Crippen LogP contribution in [-0.4, -0.2) is 0 Å². The van der Waals surface area contributed by atoms with Crippen molar-refractivity contribution in [1.82, 2.24) is 0 Å². The summed E-state index contributed by atoms with van der Waals surface area (Å²) in [6.07, 6.45) is 5.32. The molecule has 2 nitrogen and oxygen atoms in total. The molecule has 3 aliphatic carbocycles. The van der Waals surface area contributed by atoms with Crippen molar-refractivity contribution in [2.45, 2.75) is 149 Å². The van der Waals surface area contributed by atoms with Crippen molar-refractivity contribution in [3.05, 3.63) is 196 Å². The van der Waals surface area contributed by atoms with Crippen LogP contribution in [0.4, 0.5) is 34.1 Å². The standard InChI is InChI=1S/C64H74N2/c1-59(2,3)41-17-25-45(26-18-41)65(46-27-19-42(20-28-46)60(4,5)6)49-33-35-51-53-39-58-54(40-57(53)63(13,14)55(51)37-49)52-36-34-50(38-56(52)64(58,15)16)66(47-29-21-43(22-30-47)61(7,8)9)48-31-23-44(24-32-48)62(10,11)12/h17-40,53,57H,1-16H3. The smallest absolute Gasteiger partial charge is 0.0465 e. The molecule has 2 atom stereocenters. The van der Waals surface area contributed by atoms with Crippen molar-refractivity contribution in [2.24, 2.45) is 5.92 Å². The molecule has 3 aliphatic rings. The number of rotatable bonds is 6. The van der Waals surface area contributed by atoms with Crippen molar-refractivity contribution in [3.63, 3.8) is 0 Å². The molecule has 0 aromatic heterocycles. The van der Waals surface area contributed by atoms with Gasteiger partial charge in [0, 0.05) is 45.5 Å². The number of nitrogens with zero attached hydrogens (tertiary/aromatic N) is 2. The Morgan fingerprint density at radius 2 is 0.712 bits per heavy atom. The van der Waals surface area contributed by atoms with Crippen molar-refractivity contribution in [3.8, 4) is 0 Å². The Morgan fingerprint density at radius 1 is 0.379 bits per heavy atom. The molecular formula is C64H74N2. The van der Waals surface area contributed by atoms with E-state index in [-0.39, 0.29) is 32.5 Å². The van der Waals surface area contributed by atoms with Gasteiger partial charge < -0.3 is 9.80 Å². The van der Waals surface area contributed by atoms with E-state index in [1.54, 1.807) is 0 Å². The Morgan fingerprint density at radius 3 is 1.08 bits per heavy atom. The molecule has 0 spiro atoms. The molecule has 340 valence electrons. The molecule has 66 heavy (non-hydrogen) atoms. The van der Waals surface area contributed by atoms with Gasteiger partial charge in [0.25, 0.3) is 0 Å². The first-order chi connectivity index (χ1) is 30.7. The van der Waals surface area contributed by atoms with Gasteiger partial charge in [-0.3, -0.25) is 0 Å². The molecule has 2 heteroatoms. The monoisotopic (exact) mass is 871 g/mol. The third-order valence-electron chi connectivity index (χ3n) is 15.4. The second-order valence-corrected chi connectivity index (χ2v) is 24.9. The quantitative estimate of drug-likeness (QED) is 0.165. The lowest BCUT2D eigenvalue weighted by Gasteiger charge is -2.34. The van der Waals surface area contributed by atoms with Crippen LogP contribution in [0.1, 0.15) is 161 Å². The lowest BCUT2D eigenvalue weighted by molar-refractivity contribution is 0.393. The molecule has 6 aromatic rings. The molecule has 6 aromatic carbocycles. The average molecular weight is 871 g/mol. The second kappa shape index (κ2) is 15.5. The minimum atomic E-state index is -0.165. The first kappa shape index (κ1) is 45.6. The molecule has 0 bridgehead atoms. The number of fused-ring (bicyclic) bond motifs is 6. The molecule has 0 N–H and O–H groups in total. The van der Waals surface area contributed by atoms with Gasteiger partial charge in [-0.05, 0) is 161 Å². The summed E-state index contributed by atoms with van der Waals surface area (Å²) in [5, 5.41) is 0. The van der Waals surface area contributed by atoms with Crippen molar-refractivity contribution < 1.29 is 0 Å². The van der Waals surface area contributed by atoms with Gasteiger partial charge in [-0.2, -0.15) is 0 Å². The van der Waals surface area contributed by atoms with Crippen LogP contribution in [0, 0.1) is 5.92 Å². The van der Waals surface area contributed by atoms with Crippen LogP contribution in [0.15, 0.2) is 151 Å². The zero-order valence-corrected chi connectivity index (χ0v) is 42.9. The highest BCUT2D eigenvalue weighted by Crippen LogP contribution is 2.61. The molecule has 0 amide bonds. The minimum absolute atomic E-state index is 0.0784. The van der Waals surface area contributed by atoms with Gasteiger partial charge in [0.1, 0.15) is 0 Å². The normalized spacial score (nSPS) is 18.4. The van der Waals surface area contributed by atoms with Crippen molar-refractivity contribution in [2.75, 3.05) is 9.80 Å². The van der Waals surface area contributed by atoms with Gasteiger partial charge in [0.2, 0.25) is 0 Å². The van der Waals surface area contributed by atoms with E-state index in [1.165, 1.54) is 89.8 Å². The highest BCUT2D eigenvalue weighted by molar-refractivity contribution is 5.93. The summed E-state index contributed by atoms with van der Waals surface area (Å²) in [4.78, 5) is 4.91. The summed E-state index contributed by atoms with van der Waals surface area (Å²) >= 11 is 0. The maximum atomic E-state index is 2.66. The fourth-order valence-electron chi connectivity index (χ4n) is 11.1. The molecule has 0 saturated carbocycles. The van der Waals surface area contributed by atoms with Gasteiger partial charge in [-0.15, -0.1) is 0 Å². The van der Waals surface area contributed by atoms with E-state index in [0.717, 1.165) is 0 Å². The second-order valence-electron chi connectivity index (χ2n) is 24.9. The molecule has 2 unspecified atom stereocenters. The molecule has 0 fully saturated rings. The van der Waals surface area contributed by atoms with E-state index < -0.39 is 0 Å². The summed E-state index contributed by atoms with van der Waals surface area (Å²) < 4.78 is 0. The van der Waals surface area contributed by atoms with Crippen LogP contribution in [0.5, 0.6) is 0 Å². The molecule has 0 heterocycles. The maximum Gasteiger partial charge on any atom is 0.0465 e. The first-order valence-electron chi connectivity index (χ1n) is 24.5. The number of allylic oxidation sites excluding steroid dienone is 4. The third kappa shape index (κ3) is 7.87. The van der Waals surface area contributed by atoms with Gasteiger partial charge >= 0.3 is 0 Å². The molecule has 0 saturated heterocycles. The SMILES string of the molecule is CC(C)(C)c1ccc(N(c2ccc(C(C)(C)C)cc2)c2ccc3c(c2)C(C)(C)C2=CC4c5ccc(N(c6ccc(C(C)(C)C)cc6)c6ccc(C(C)(C)C)cc6)cc5C(C)(C)C4C=C23)cc1. The fourth-order valence-corrected chi connectivity index (χ4v) is 11.1. The van der Waals surface area contributed by atoms with Crippen LogP contribution in [0.2, 0.25) is 0 Å². The van der Waals surface area contributed by atoms with E-state index >= 15 is 0 Å². The largest absolute Gasteiger partial charge is 0.310 e. The third-order valence-corrected chi connectivity index (χ3v) is 15.4. The average Bonchev–Trinajstić information content (AvgIpc) is 3.61. The van der Waals surface area contributed by atoms with Crippen LogP contribution < -0.4 is 9.80 Å². The van der Waals surface area contributed by atoms with Gasteiger partial charge in [-0.1, -0.05) is 184 Å². The Kier molecular flexibility index (Phi) is 10.7. The maximum absolute atomic E-state index is 2.66. The molecular weight excluding hydrogens is 797 g/mol. The highest BCUT2D eigenvalue weighted by atomic mass is 15.1. The summed E-state index contributed by atoms with van der Waals surface area (Å²) in [5.74, 6) is 0.647. The number of benzene rings is 6. The predicted octanol–water partition coefficient (Wildman–Crippen LogP) is 18.1. The van der Waals surface area contributed by atoms with E-state index in [4.69, 9.17) is 0 Å². The Bertz CT molecular complexity index is 2740. The van der Waals surface area contributed by atoms with E-state index in [0.29, 0.717) is 11.8 Å². The first-order valence-corrected chi connectivity index (χ1v) is 24.5. The van der Waals surface area contributed by atoms with Gasteiger partial charge in [-0.25, -0.2) is 0 Å². The van der Waals surface area contributed by atoms with Gasteiger partial charge in [0.05, 0.1) is 0 Å². The highest BCUT2D eigenvalue weighted by Gasteiger charge is 2.50. The van der Waals surface area contributed by atoms with Crippen molar-refractivity contribution >= 4 is 39.7 Å². The van der Waals surface area contributed by atoms with E-state index in [1.807, 2.05) is 0 Å². The topological polar surface area (TPSA) is 6.48 Å². The summed E-state index contributed by atoms with van der Waals surface area (Å²) in [6.45, 7) is 37.3. The van der Waals surface area contributed by atoms with Crippen LogP contribution >= 0.6 is 0 Å². The van der Waals surface area contributed by atoms with Crippen LogP contribution in [0.25, 0.3) is 5.57 Å². The lowest BCUT2D eigenvalue weighted by Crippen LogP contribution is -2.27. The minimum Gasteiger partial charge on any atom is -0.310 e. The Labute approximate surface area is 398 Å². The van der Waals surface area contributed by atoms with E-state index in [2.05, 4.69) is 266 Å². The molecule has 0 aliphatic heterocycles. The molecule has 0 radical (unpaired) electrons. The van der Waals surface area contributed by atoms with Gasteiger partial charge in [0.15, 0.2) is 0 Å². The van der Waals surface area contributed by atoms with Crippen molar-refractivity contribution in [1.29, 1.82) is 0 Å².